The highest BCUT2D eigenvalue weighted by Gasteiger charge is 2.14. The van der Waals surface area contributed by atoms with Crippen molar-refractivity contribution >= 4 is 11.6 Å². The Morgan fingerprint density at radius 2 is 1.89 bits per heavy atom. The summed E-state index contributed by atoms with van der Waals surface area (Å²) in [6.07, 6.45) is 0.0410. The second-order valence-corrected chi connectivity index (χ2v) is 4.19. The van der Waals surface area contributed by atoms with E-state index in [0.717, 1.165) is 18.2 Å². The normalized spacial score (nSPS) is 10.5. The minimum Gasteiger partial charge on any atom is -0.361 e. The lowest BCUT2D eigenvalue weighted by atomic mass is 10.1. The Morgan fingerprint density at radius 3 is 2.42 bits per heavy atom. The molecule has 0 radical (unpaired) electrons. The van der Waals surface area contributed by atoms with Crippen LogP contribution in [-0.4, -0.2) is 11.1 Å². The van der Waals surface area contributed by atoms with Gasteiger partial charge in [-0.05, 0) is 26.0 Å². The van der Waals surface area contributed by atoms with Gasteiger partial charge in [0.25, 0.3) is 0 Å². The topological polar surface area (TPSA) is 55.1 Å². The summed E-state index contributed by atoms with van der Waals surface area (Å²) in [6, 6.07) is 2.84. The number of amides is 1. The maximum Gasteiger partial charge on any atom is 0.229 e. The van der Waals surface area contributed by atoms with Crippen molar-refractivity contribution in [2.75, 3.05) is 5.32 Å². The molecule has 0 bridgehead atoms. The zero-order valence-corrected chi connectivity index (χ0v) is 10.5. The van der Waals surface area contributed by atoms with Crippen molar-refractivity contribution in [2.24, 2.45) is 0 Å². The minimum atomic E-state index is -0.743. The number of aryl methyl sites for hydroxylation is 2. The SMILES string of the molecule is Cc1noc(C)c1CC(=O)Nc1cc(F)cc(F)c1. The van der Waals surface area contributed by atoms with Crippen LogP contribution in [0.4, 0.5) is 14.5 Å². The van der Waals surface area contributed by atoms with Crippen molar-refractivity contribution < 1.29 is 18.1 Å². The number of halogens is 2. The molecule has 0 aliphatic heterocycles. The summed E-state index contributed by atoms with van der Waals surface area (Å²) >= 11 is 0. The molecular formula is C13H12F2N2O2. The van der Waals surface area contributed by atoms with Crippen molar-refractivity contribution in [3.05, 3.63) is 46.9 Å². The number of carbonyl (C=O) groups is 1. The van der Waals surface area contributed by atoms with Gasteiger partial charge in [0.2, 0.25) is 5.91 Å². The lowest BCUT2D eigenvalue weighted by molar-refractivity contribution is -0.115. The van der Waals surface area contributed by atoms with E-state index in [2.05, 4.69) is 10.5 Å². The van der Waals surface area contributed by atoms with Gasteiger partial charge in [-0.15, -0.1) is 0 Å². The lowest BCUT2D eigenvalue weighted by Gasteiger charge is -2.05. The van der Waals surface area contributed by atoms with E-state index in [4.69, 9.17) is 4.52 Å². The molecular weight excluding hydrogens is 254 g/mol. The highest BCUT2D eigenvalue weighted by atomic mass is 19.1. The van der Waals surface area contributed by atoms with Gasteiger partial charge in [-0.3, -0.25) is 4.79 Å². The predicted octanol–water partition coefficient (Wildman–Crippen LogP) is 2.75. The molecule has 1 amide bonds. The first kappa shape index (κ1) is 13.2. The largest absolute Gasteiger partial charge is 0.361 e. The molecule has 100 valence electrons. The van der Waals surface area contributed by atoms with E-state index in [1.54, 1.807) is 13.8 Å². The second-order valence-electron chi connectivity index (χ2n) is 4.19. The van der Waals surface area contributed by atoms with Gasteiger partial charge in [-0.2, -0.15) is 0 Å². The number of hydrogen-bond acceptors (Lipinski definition) is 3. The number of carbonyl (C=O) groups excluding carboxylic acids is 1. The van der Waals surface area contributed by atoms with Crippen LogP contribution in [0.5, 0.6) is 0 Å². The first-order chi connectivity index (χ1) is 8.95. The molecule has 1 aromatic carbocycles. The Hall–Kier alpha value is -2.24. The van der Waals surface area contributed by atoms with Gasteiger partial charge in [0.15, 0.2) is 0 Å². The fraction of sp³-hybridized carbons (Fsp3) is 0.231. The molecule has 2 rings (SSSR count). The van der Waals surface area contributed by atoms with Crippen LogP contribution in [0.2, 0.25) is 0 Å². The number of nitrogens with zero attached hydrogens (tertiary/aromatic N) is 1. The third-order valence-corrected chi connectivity index (χ3v) is 2.66. The average Bonchev–Trinajstić information content (AvgIpc) is 2.59. The Morgan fingerprint density at radius 1 is 1.26 bits per heavy atom. The minimum absolute atomic E-state index is 0.0410. The van der Waals surface area contributed by atoms with Crippen molar-refractivity contribution in [3.8, 4) is 0 Å². The van der Waals surface area contributed by atoms with Crippen molar-refractivity contribution in [1.82, 2.24) is 5.16 Å². The smallest absolute Gasteiger partial charge is 0.229 e. The maximum absolute atomic E-state index is 13.0. The molecule has 6 heteroatoms. The Labute approximate surface area is 108 Å². The van der Waals surface area contributed by atoms with Crippen LogP contribution >= 0.6 is 0 Å². The molecule has 0 fully saturated rings. The first-order valence-corrected chi connectivity index (χ1v) is 5.63. The molecule has 0 spiro atoms. The van der Waals surface area contributed by atoms with E-state index < -0.39 is 11.6 Å². The van der Waals surface area contributed by atoms with Crippen LogP contribution in [0, 0.1) is 25.5 Å². The summed E-state index contributed by atoms with van der Waals surface area (Å²) in [4.78, 5) is 11.8. The van der Waals surface area contributed by atoms with Crippen LogP contribution in [0.1, 0.15) is 17.0 Å². The molecule has 1 N–H and O–H groups in total. The molecule has 1 heterocycles. The summed E-state index contributed by atoms with van der Waals surface area (Å²) in [7, 11) is 0. The standard InChI is InChI=1S/C13H12F2N2O2/c1-7-12(8(2)19-17-7)6-13(18)16-11-4-9(14)3-10(15)5-11/h3-5H,6H2,1-2H3,(H,16,18). The van der Waals surface area contributed by atoms with Crippen LogP contribution < -0.4 is 5.32 Å². The predicted molar refractivity (Wildman–Crippen MR) is 64.7 cm³/mol. The van der Waals surface area contributed by atoms with E-state index in [-0.39, 0.29) is 18.0 Å². The summed E-state index contributed by atoms with van der Waals surface area (Å²) in [5, 5.41) is 6.16. The van der Waals surface area contributed by atoms with Crippen molar-refractivity contribution in [2.45, 2.75) is 20.3 Å². The van der Waals surface area contributed by atoms with Gasteiger partial charge in [-0.25, -0.2) is 8.78 Å². The number of benzene rings is 1. The van der Waals surface area contributed by atoms with Crippen LogP contribution in [0.25, 0.3) is 0 Å². The zero-order valence-electron chi connectivity index (χ0n) is 10.5. The molecule has 0 aliphatic carbocycles. The molecule has 4 nitrogen and oxygen atoms in total. The average molecular weight is 266 g/mol. The molecule has 1 aromatic heterocycles. The quantitative estimate of drug-likeness (QED) is 0.929. The van der Waals surface area contributed by atoms with Gasteiger partial charge in [0.1, 0.15) is 17.4 Å². The fourth-order valence-corrected chi connectivity index (χ4v) is 1.75. The van der Waals surface area contributed by atoms with Gasteiger partial charge >= 0.3 is 0 Å². The number of aromatic nitrogens is 1. The molecule has 0 saturated carbocycles. The number of nitrogens with one attached hydrogen (secondary N) is 1. The third-order valence-electron chi connectivity index (χ3n) is 2.66. The van der Waals surface area contributed by atoms with E-state index in [9.17, 15) is 13.6 Å². The monoisotopic (exact) mass is 266 g/mol. The Balaban J connectivity index is 2.09. The first-order valence-electron chi connectivity index (χ1n) is 5.63. The number of rotatable bonds is 3. The van der Waals surface area contributed by atoms with Gasteiger partial charge in [0, 0.05) is 17.3 Å². The third kappa shape index (κ3) is 3.15. The fourth-order valence-electron chi connectivity index (χ4n) is 1.75. The Kier molecular flexibility index (Phi) is 3.59. The highest BCUT2D eigenvalue weighted by molar-refractivity contribution is 5.92. The van der Waals surface area contributed by atoms with Crippen LogP contribution in [-0.2, 0) is 11.2 Å². The van der Waals surface area contributed by atoms with Gasteiger partial charge in [-0.1, -0.05) is 5.16 Å². The maximum atomic E-state index is 13.0. The summed E-state index contributed by atoms with van der Waals surface area (Å²) in [6.45, 7) is 3.42. The molecule has 2 aromatic rings. The number of hydrogen-bond donors (Lipinski definition) is 1. The summed E-state index contributed by atoms with van der Waals surface area (Å²) in [5.41, 5.74) is 1.38. The lowest BCUT2D eigenvalue weighted by Crippen LogP contribution is -2.15. The molecule has 0 unspecified atom stereocenters. The van der Waals surface area contributed by atoms with E-state index in [0.29, 0.717) is 17.0 Å². The summed E-state index contributed by atoms with van der Waals surface area (Å²) < 4.78 is 30.9. The van der Waals surface area contributed by atoms with E-state index >= 15 is 0 Å². The van der Waals surface area contributed by atoms with Gasteiger partial charge in [0.05, 0.1) is 12.1 Å². The van der Waals surface area contributed by atoms with Crippen LogP contribution in [0.15, 0.2) is 22.7 Å². The highest BCUT2D eigenvalue weighted by Crippen LogP contribution is 2.16. The number of anilines is 1. The van der Waals surface area contributed by atoms with Crippen molar-refractivity contribution in [1.29, 1.82) is 0 Å². The van der Waals surface area contributed by atoms with Gasteiger partial charge < -0.3 is 9.84 Å². The van der Waals surface area contributed by atoms with E-state index in [1.807, 2.05) is 0 Å². The van der Waals surface area contributed by atoms with Crippen molar-refractivity contribution in [3.63, 3.8) is 0 Å². The molecule has 0 atom stereocenters. The second kappa shape index (κ2) is 5.17. The van der Waals surface area contributed by atoms with Crippen LogP contribution in [0.3, 0.4) is 0 Å². The summed E-state index contributed by atoms with van der Waals surface area (Å²) in [5.74, 6) is -1.32. The van der Waals surface area contributed by atoms with E-state index in [1.165, 1.54) is 0 Å². The zero-order chi connectivity index (χ0) is 14.0. The Bertz CT molecular complexity index is 583. The molecule has 0 saturated heterocycles. The molecule has 19 heavy (non-hydrogen) atoms. The molecule has 0 aliphatic rings.